The van der Waals surface area contributed by atoms with Gasteiger partial charge < -0.3 is 11.1 Å². The zero-order valence-corrected chi connectivity index (χ0v) is 17.0. The topological polar surface area (TPSA) is 79.1 Å². The van der Waals surface area contributed by atoms with E-state index >= 15 is 0 Å². The summed E-state index contributed by atoms with van der Waals surface area (Å²) in [5.74, 6) is 1.07. The highest BCUT2D eigenvalue weighted by Crippen LogP contribution is 2.31. The Balaban J connectivity index is 1.67. The number of hydrazine groups is 1. The molecule has 0 fully saturated rings. The summed E-state index contributed by atoms with van der Waals surface area (Å²) >= 11 is 0. The average molecular weight is 396 g/mol. The van der Waals surface area contributed by atoms with Gasteiger partial charge in [-0.1, -0.05) is 54.1 Å². The summed E-state index contributed by atoms with van der Waals surface area (Å²) in [7, 11) is 0. The Morgan fingerprint density at radius 3 is 1.97 bits per heavy atom. The molecule has 4 rings (SSSR count). The van der Waals surface area contributed by atoms with Crippen LogP contribution < -0.4 is 21.5 Å². The highest BCUT2D eigenvalue weighted by molar-refractivity contribution is 5.80. The van der Waals surface area contributed by atoms with Crippen LogP contribution in [0.1, 0.15) is 11.1 Å². The Morgan fingerprint density at radius 2 is 1.37 bits per heavy atom. The second kappa shape index (κ2) is 8.53. The number of nitrogens with two attached hydrogens (primary N) is 1. The fourth-order valence-corrected chi connectivity index (χ4v) is 3.20. The minimum Gasteiger partial charge on any atom is -0.393 e. The summed E-state index contributed by atoms with van der Waals surface area (Å²) in [6.45, 7) is 4.12. The molecule has 0 aliphatic carbocycles. The monoisotopic (exact) mass is 396 g/mol. The van der Waals surface area contributed by atoms with E-state index < -0.39 is 0 Å². The van der Waals surface area contributed by atoms with Gasteiger partial charge >= 0.3 is 0 Å². The van der Waals surface area contributed by atoms with Gasteiger partial charge in [-0.05, 0) is 49.7 Å². The molecule has 4 N–H and O–H groups in total. The van der Waals surface area contributed by atoms with E-state index in [9.17, 15) is 0 Å². The summed E-state index contributed by atoms with van der Waals surface area (Å²) in [6.07, 6.45) is 1.50. The molecule has 0 aliphatic heterocycles. The molecule has 0 atom stereocenters. The molecule has 0 amide bonds. The van der Waals surface area contributed by atoms with E-state index in [1.807, 2.05) is 71.7 Å². The van der Waals surface area contributed by atoms with Gasteiger partial charge in [0.15, 0.2) is 11.6 Å². The van der Waals surface area contributed by atoms with Crippen LogP contribution in [0.5, 0.6) is 0 Å². The third-order valence-electron chi connectivity index (χ3n) is 4.77. The summed E-state index contributed by atoms with van der Waals surface area (Å²) in [6, 6.07) is 26.2. The van der Waals surface area contributed by atoms with Gasteiger partial charge in [-0.25, -0.2) is 9.97 Å². The lowest BCUT2D eigenvalue weighted by Gasteiger charge is -2.27. The van der Waals surface area contributed by atoms with Gasteiger partial charge in [0.25, 0.3) is 0 Å². The van der Waals surface area contributed by atoms with Crippen molar-refractivity contribution in [1.29, 1.82) is 0 Å². The SMILES string of the molecule is Cc1ccc(Nc2ncnc(NN(c3ccccc3)c3ccccc3)c2N)c(C)c1. The third-order valence-corrected chi connectivity index (χ3v) is 4.77. The Bertz CT molecular complexity index is 1090. The molecule has 6 nitrogen and oxygen atoms in total. The molecule has 6 heteroatoms. The normalized spacial score (nSPS) is 10.5. The number of rotatable bonds is 6. The van der Waals surface area contributed by atoms with Crippen molar-refractivity contribution in [3.63, 3.8) is 0 Å². The van der Waals surface area contributed by atoms with Gasteiger partial charge in [-0.3, -0.25) is 10.4 Å². The molecular weight excluding hydrogens is 372 g/mol. The van der Waals surface area contributed by atoms with Crippen LogP contribution in [0.15, 0.2) is 85.2 Å². The largest absolute Gasteiger partial charge is 0.393 e. The van der Waals surface area contributed by atoms with Gasteiger partial charge in [-0.2, -0.15) is 0 Å². The highest BCUT2D eigenvalue weighted by Gasteiger charge is 2.14. The van der Waals surface area contributed by atoms with Crippen LogP contribution in [0, 0.1) is 13.8 Å². The van der Waals surface area contributed by atoms with E-state index in [1.54, 1.807) is 0 Å². The van der Waals surface area contributed by atoms with Crippen molar-refractivity contribution in [3.05, 3.63) is 96.3 Å². The van der Waals surface area contributed by atoms with Crippen molar-refractivity contribution in [2.45, 2.75) is 13.8 Å². The summed E-state index contributed by atoms with van der Waals surface area (Å²) in [5, 5.41) is 5.27. The van der Waals surface area contributed by atoms with E-state index in [-0.39, 0.29) is 0 Å². The molecule has 3 aromatic carbocycles. The molecular formula is C24H24N6. The average Bonchev–Trinajstić information content (AvgIpc) is 2.77. The maximum Gasteiger partial charge on any atom is 0.173 e. The van der Waals surface area contributed by atoms with E-state index in [1.165, 1.54) is 11.9 Å². The maximum atomic E-state index is 6.44. The van der Waals surface area contributed by atoms with Crippen molar-refractivity contribution < 1.29 is 0 Å². The maximum absolute atomic E-state index is 6.44. The Morgan fingerprint density at radius 1 is 0.767 bits per heavy atom. The standard InChI is InChI=1S/C24H24N6/c1-17-13-14-21(18(2)15-17)28-23-22(25)24(27-16-26-23)29-30(19-9-5-3-6-10-19)20-11-7-4-8-12-20/h3-16H,25H2,1-2H3,(H2,26,27,28,29). The molecule has 0 spiro atoms. The number of nitrogens with zero attached hydrogens (tertiary/aromatic N) is 3. The predicted molar refractivity (Wildman–Crippen MR) is 124 cm³/mol. The predicted octanol–water partition coefficient (Wildman–Crippen LogP) is 5.58. The number of hydrogen-bond donors (Lipinski definition) is 3. The zero-order chi connectivity index (χ0) is 20.9. The first-order valence-corrected chi connectivity index (χ1v) is 9.73. The Hall–Kier alpha value is -4.06. The molecule has 0 bridgehead atoms. The second-order valence-electron chi connectivity index (χ2n) is 7.05. The molecule has 0 unspecified atom stereocenters. The van der Waals surface area contributed by atoms with Crippen molar-refractivity contribution in [3.8, 4) is 0 Å². The molecule has 1 aromatic heterocycles. The number of nitrogens with one attached hydrogen (secondary N) is 2. The number of aryl methyl sites for hydroxylation is 2. The number of nitrogen functional groups attached to an aromatic ring is 1. The number of aromatic nitrogens is 2. The zero-order valence-electron chi connectivity index (χ0n) is 17.0. The molecule has 1 heterocycles. The third kappa shape index (κ3) is 4.17. The summed E-state index contributed by atoms with van der Waals surface area (Å²) < 4.78 is 0. The van der Waals surface area contributed by atoms with Crippen molar-refractivity contribution in [2.75, 3.05) is 21.5 Å². The number of para-hydroxylation sites is 2. The van der Waals surface area contributed by atoms with E-state index in [0.29, 0.717) is 17.3 Å². The van der Waals surface area contributed by atoms with Crippen LogP contribution >= 0.6 is 0 Å². The van der Waals surface area contributed by atoms with E-state index in [2.05, 4.69) is 46.7 Å². The second-order valence-corrected chi connectivity index (χ2v) is 7.05. The lowest BCUT2D eigenvalue weighted by molar-refractivity contribution is 1.09. The van der Waals surface area contributed by atoms with Crippen LogP contribution in [0.25, 0.3) is 0 Å². The molecule has 150 valence electrons. The van der Waals surface area contributed by atoms with Gasteiger partial charge in [-0.15, -0.1) is 0 Å². The minimum absolute atomic E-state index is 0.439. The van der Waals surface area contributed by atoms with Crippen LogP contribution in [-0.2, 0) is 0 Å². The van der Waals surface area contributed by atoms with Crippen LogP contribution in [0.3, 0.4) is 0 Å². The fourth-order valence-electron chi connectivity index (χ4n) is 3.20. The van der Waals surface area contributed by atoms with E-state index in [4.69, 9.17) is 5.73 Å². The lowest BCUT2D eigenvalue weighted by atomic mass is 10.1. The summed E-state index contributed by atoms with van der Waals surface area (Å²) in [4.78, 5) is 8.72. The molecule has 4 aromatic rings. The summed E-state index contributed by atoms with van der Waals surface area (Å²) in [5.41, 5.74) is 15.4. The van der Waals surface area contributed by atoms with Gasteiger partial charge in [0.1, 0.15) is 12.0 Å². The van der Waals surface area contributed by atoms with Gasteiger partial charge in [0, 0.05) is 5.69 Å². The minimum atomic E-state index is 0.439. The number of anilines is 6. The van der Waals surface area contributed by atoms with Crippen molar-refractivity contribution in [1.82, 2.24) is 9.97 Å². The molecule has 0 aliphatic rings. The van der Waals surface area contributed by atoms with Crippen molar-refractivity contribution in [2.24, 2.45) is 0 Å². The van der Waals surface area contributed by atoms with Crippen LogP contribution in [0.4, 0.5) is 34.4 Å². The van der Waals surface area contributed by atoms with Gasteiger partial charge in [0.2, 0.25) is 0 Å². The molecule has 0 radical (unpaired) electrons. The quantitative estimate of drug-likeness (QED) is 0.369. The molecule has 30 heavy (non-hydrogen) atoms. The first kappa shape index (κ1) is 19.3. The Kier molecular flexibility index (Phi) is 5.48. The van der Waals surface area contributed by atoms with Gasteiger partial charge in [0.05, 0.1) is 11.4 Å². The highest BCUT2D eigenvalue weighted by atomic mass is 15.5. The molecule has 0 saturated carbocycles. The fraction of sp³-hybridized carbons (Fsp3) is 0.0833. The first-order valence-electron chi connectivity index (χ1n) is 9.73. The van der Waals surface area contributed by atoms with Crippen LogP contribution in [-0.4, -0.2) is 9.97 Å². The number of hydrogen-bond acceptors (Lipinski definition) is 6. The first-order chi connectivity index (χ1) is 14.6. The van der Waals surface area contributed by atoms with E-state index in [0.717, 1.165) is 22.6 Å². The smallest absolute Gasteiger partial charge is 0.173 e. The van der Waals surface area contributed by atoms with Crippen molar-refractivity contribution >= 4 is 34.4 Å². The Labute approximate surface area is 176 Å². The molecule has 0 saturated heterocycles. The van der Waals surface area contributed by atoms with Crippen LogP contribution in [0.2, 0.25) is 0 Å². The lowest BCUT2D eigenvalue weighted by Crippen LogP contribution is -2.26. The number of benzene rings is 3.